The third-order valence-corrected chi connectivity index (χ3v) is 3.52. The molecule has 2 aromatic carbocycles. The van der Waals surface area contributed by atoms with E-state index in [1.807, 2.05) is 60.7 Å². The predicted octanol–water partition coefficient (Wildman–Crippen LogP) is 4.46. The van der Waals surface area contributed by atoms with E-state index in [0.717, 1.165) is 24.0 Å². The van der Waals surface area contributed by atoms with Crippen LogP contribution < -0.4 is 0 Å². The number of ether oxygens (including phenoxy) is 1. The molecule has 0 aromatic heterocycles. The summed E-state index contributed by atoms with van der Waals surface area (Å²) in [5, 5.41) is 0. The highest BCUT2D eigenvalue weighted by atomic mass is 16.6. The van der Waals surface area contributed by atoms with Crippen molar-refractivity contribution in [2.24, 2.45) is 0 Å². The normalized spacial score (nSPS) is 10.9. The van der Waals surface area contributed by atoms with Gasteiger partial charge in [0.25, 0.3) is 0 Å². The van der Waals surface area contributed by atoms with Gasteiger partial charge in [0.15, 0.2) is 5.60 Å². The van der Waals surface area contributed by atoms with Crippen molar-refractivity contribution in [2.75, 3.05) is 0 Å². The fraction of sp³-hybridized carbons (Fsp3) is 0.211. The molecule has 0 unspecified atom stereocenters. The van der Waals surface area contributed by atoms with Crippen LogP contribution in [0.4, 0.5) is 0 Å². The van der Waals surface area contributed by atoms with Crippen molar-refractivity contribution in [1.29, 1.82) is 0 Å². The summed E-state index contributed by atoms with van der Waals surface area (Å²) in [6.45, 7) is 5.60. The number of rotatable bonds is 6. The van der Waals surface area contributed by atoms with E-state index in [-0.39, 0.29) is 0 Å². The monoisotopic (exact) mass is 280 g/mol. The molecule has 0 aliphatic heterocycles. The average Bonchev–Trinajstić information content (AvgIpc) is 2.56. The second-order valence-electron chi connectivity index (χ2n) is 4.93. The van der Waals surface area contributed by atoms with E-state index in [4.69, 9.17) is 4.74 Å². The molecule has 0 radical (unpaired) electrons. The SMILES string of the molecule is C=CC(=O)OC(CCC)(c1ccccc1)c1ccccc1. The second kappa shape index (κ2) is 6.89. The van der Waals surface area contributed by atoms with Gasteiger partial charge in [-0.15, -0.1) is 0 Å². The van der Waals surface area contributed by atoms with Crippen LogP contribution in [0.3, 0.4) is 0 Å². The van der Waals surface area contributed by atoms with Crippen molar-refractivity contribution in [3.63, 3.8) is 0 Å². The van der Waals surface area contributed by atoms with Crippen molar-refractivity contribution in [3.8, 4) is 0 Å². The lowest BCUT2D eigenvalue weighted by molar-refractivity contribution is -0.151. The van der Waals surface area contributed by atoms with Gasteiger partial charge >= 0.3 is 5.97 Å². The number of benzene rings is 2. The van der Waals surface area contributed by atoms with Crippen molar-refractivity contribution in [3.05, 3.63) is 84.4 Å². The summed E-state index contributed by atoms with van der Waals surface area (Å²) in [5.74, 6) is -0.406. The fourth-order valence-electron chi connectivity index (χ4n) is 2.60. The van der Waals surface area contributed by atoms with Gasteiger partial charge in [0, 0.05) is 17.2 Å². The van der Waals surface area contributed by atoms with E-state index in [0.29, 0.717) is 0 Å². The van der Waals surface area contributed by atoms with Crippen LogP contribution in [0.15, 0.2) is 73.3 Å². The minimum Gasteiger partial charge on any atom is -0.446 e. The van der Waals surface area contributed by atoms with Gasteiger partial charge in [-0.25, -0.2) is 4.79 Å². The third kappa shape index (κ3) is 3.22. The number of carbonyl (C=O) groups is 1. The molecule has 0 bridgehead atoms. The van der Waals surface area contributed by atoms with E-state index in [9.17, 15) is 4.79 Å². The molecule has 21 heavy (non-hydrogen) atoms. The maximum Gasteiger partial charge on any atom is 0.331 e. The second-order valence-corrected chi connectivity index (χ2v) is 4.93. The molecule has 0 saturated heterocycles. The number of esters is 1. The minimum absolute atomic E-state index is 0.406. The van der Waals surface area contributed by atoms with Crippen molar-refractivity contribution < 1.29 is 9.53 Å². The number of carbonyl (C=O) groups excluding carboxylic acids is 1. The molecule has 0 fully saturated rings. The summed E-state index contributed by atoms with van der Waals surface area (Å²) in [6.07, 6.45) is 2.84. The Morgan fingerprint density at radius 1 is 1.05 bits per heavy atom. The molecule has 0 aliphatic rings. The van der Waals surface area contributed by atoms with E-state index >= 15 is 0 Å². The topological polar surface area (TPSA) is 26.3 Å². The lowest BCUT2D eigenvalue weighted by atomic mass is 9.82. The van der Waals surface area contributed by atoms with Crippen LogP contribution in [-0.2, 0) is 15.1 Å². The number of hydrogen-bond donors (Lipinski definition) is 0. The van der Waals surface area contributed by atoms with Crippen LogP contribution in [0.25, 0.3) is 0 Å². The van der Waals surface area contributed by atoms with Gasteiger partial charge < -0.3 is 4.74 Å². The van der Waals surface area contributed by atoms with Crippen LogP contribution >= 0.6 is 0 Å². The Kier molecular flexibility index (Phi) is 4.94. The molecule has 0 amide bonds. The molecule has 2 rings (SSSR count). The van der Waals surface area contributed by atoms with E-state index in [2.05, 4.69) is 13.5 Å². The largest absolute Gasteiger partial charge is 0.446 e. The van der Waals surface area contributed by atoms with Crippen LogP contribution in [0.5, 0.6) is 0 Å². The van der Waals surface area contributed by atoms with Crippen LogP contribution in [0, 0.1) is 0 Å². The van der Waals surface area contributed by atoms with Crippen LogP contribution in [0.1, 0.15) is 30.9 Å². The molecule has 0 spiro atoms. The fourth-order valence-corrected chi connectivity index (χ4v) is 2.60. The highest BCUT2D eigenvalue weighted by Gasteiger charge is 2.36. The van der Waals surface area contributed by atoms with Gasteiger partial charge in [0.2, 0.25) is 0 Å². The Hall–Kier alpha value is -2.35. The van der Waals surface area contributed by atoms with E-state index in [1.165, 1.54) is 6.08 Å². The van der Waals surface area contributed by atoms with E-state index in [1.54, 1.807) is 0 Å². The Labute approximate surface area is 126 Å². The average molecular weight is 280 g/mol. The van der Waals surface area contributed by atoms with Crippen LogP contribution in [-0.4, -0.2) is 5.97 Å². The third-order valence-electron chi connectivity index (χ3n) is 3.52. The molecule has 108 valence electrons. The molecule has 0 aliphatic carbocycles. The molecule has 2 nitrogen and oxygen atoms in total. The first-order chi connectivity index (χ1) is 10.2. The van der Waals surface area contributed by atoms with Gasteiger partial charge in [0.1, 0.15) is 0 Å². The molecule has 2 aromatic rings. The summed E-state index contributed by atoms with van der Waals surface area (Å²) in [6, 6.07) is 19.8. The zero-order valence-corrected chi connectivity index (χ0v) is 12.3. The first-order valence-electron chi connectivity index (χ1n) is 7.19. The molecule has 0 saturated carbocycles. The first kappa shape index (κ1) is 15.0. The van der Waals surface area contributed by atoms with Crippen LogP contribution in [0.2, 0.25) is 0 Å². The molecular formula is C19H20O2. The summed E-state index contributed by atoms with van der Waals surface area (Å²) < 4.78 is 5.84. The van der Waals surface area contributed by atoms with Crippen molar-refractivity contribution in [1.82, 2.24) is 0 Å². The molecule has 0 N–H and O–H groups in total. The van der Waals surface area contributed by atoms with Gasteiger partial charge in [-0.3, -0.25) is 0 Å². The maximum absolute atomic E-state index is 11.9. The van der Waals surface area contributed by atoms with Crippen molar-refractivity contribution >= 4 is 5.97 Å². The summed E-state index contributed by atoms with van der Waals surface area (Å²) in [4.78, 5) is 11.9. The quantitative estimate of drug-likeness (QED) is 0.577. The number of hydrogen-bond acceptors (Lipinski definition) is 2. The highest BCUT2D eigenvalue weighted by Crippen LogP contribution is 2.38. The summed E-state index contributed by atoms with van der Waals surface area (Å²) >= 11 is 0. The van der Waals surface area contributed by atoms with Gasteiger partial charge in [-0.1, -0.05) is 80.6 Å². The lowest BCUT2D eigenvalue weighted by Gasteiger charge is -2.34. The summed E-state index contributed by atoms with van der Waals surface area (Å²) in [7, 11) is 0. The Morgan fingerprint density at radius 3 is 1.90 bits per heavy atom. The highest BCUT2D eigenvalue weighted by molar-refractivity contribution is 5.82. The maximum atomic E-state index is 11.9. The van der Waals surface area contributed by atoms with Gasteiger partial charge in [0.05, 0.1) is 0 Å². The molecular weight excluding hydrogens is 260 g/mol. The predicted molar refractivity (Wildman–Crippen MR) is 84.9 cm³/mol. The van der Waals surface area contributed by atoms with Gasteiger partial charge in [-0.05, 0) is 6.42 Å². The Morgan fingerprint density at radius 2 is 1.52 bits per heavy atom. The Balaban J connectivity index is 2.59. The standard InChI is InChI=1S/C19H20O2/c1-3-15-19(21-18(20)4-2,16-11-7-5-8-12-16)17-13-9-6-10-14-17/h4-14H,2-3,15H2,1H3. The zero-order chi connectivity index (χ0) is 15.1. The van der Waals surface area contributed by atoms with Gasteiger partial charge in [-0.2, -0.15) is 0 Å². The van der Waals surface area contributed by atoms with Crippen molar-refractivity contribution in [2.45, 2.75) is 25.4 Å². The first-order valence-corrected chi connectivity index (χ1v) is 7.19. The molecule has 0 atom stereocenters. The summed E-state index contributed by atoms with van der Waals surface area (Å²) in [5.41, 5.74) is 1.20. The minimum atomic E-state index is -0.761. The Bertz CT molecular complexity index is 548. The zero-order valence-electron chi connectivity index (χ0n) is 12.3. The smallest absolute Gasteiger partial charge is 0.331 e. The molecule has 2 heteroatoms. The van der Waals surface area contributed by atoms with E-state index < -0.39 is 11.6 Å². The molecule has 0 heterocycles. The lowest BCUT2D eigenvalue weighted by Crippen LogP contribution is -2.33.